The molecule has 36 heavy (non-hydrogen) atoms. The Bertz CT molecular complexity index is 1340. The van der Waals surface area contributed by atoms with E-state index in [0.717, 1.165) is 44.9 Å². The van der Waals surface area contributed by atoms with Crippen LogP contribution in [0.2, 0.25) is 0 Å². The molecule has 188 valence electrons. The molecule has 4 aromatic rings. The summed E-state index contributed by atoms with van der Waals surface area (Å²) in [6.45, 7) is 11.6. The van der Waals surface area contributed by atoms with Crippen molar-refractivity contribution in [3.63, 3.8) is 0 Å². The molecule has 4 rings (SSSR count). The van der Waals surface area contributed by atoms with Crippen LogP contribution < -0.4 is 14.8 Å². The minimum Gasteiger partial charge on any atom is -0.494 e. The van der Waals surface area contributed by atoms with Gasteiger partial charge in [-0.25, -0.2) is 4.68 Å². The first kappa shape index (κ1) is 25.2. The van der Waals surface area contributed by atoms with Crippen LogP contribution in [0, 0.1) is 20.8 Å². The number of aromatic nitrogens is 3. The van der Waals surface area contributed by atoms with Crippen molar-refractivity contribution in [2.45, 2.75) is 54.0 Å². The van der Waals surface area contributed by atoms with E-state index in [2.05, 4.69) is 31.3 Å². The fraction of sp³-hybridized carbons (Fsp3) is 0.345. The Labute approximate surface area is 212 Å². The summed E-state index contributed by atoms with van der Waals surface area (Å²) in [5, 5.41) is 8.80. The van der Waals surface area contributed by atoms with Crippen LogP contribution in [0.15, 0.2) is 48.5 Å². The third kappa shape index (κ3) is 5.51. The molecule has 7 heteroatoms. The lowest BCUT2D eigenvalue weighted by molar-refractivity contribution is -0.121. The molecule has 0 aliphatic heterocycles. The summed E-state index contributed by atoms with van der Waals surface area (Å²) in [6, 6.07) is 16.0. The molecule has 0 aliphatic carbocycles. The summed E-state index contributed by atoms with van der Waals surface area (Å²) in [6.07, 6.45) is 0.880. The number of amides is 1. The van der Waals surface area contributed by atoms with Crippen LogP contribution in [-0.2, 0) is 17.8 Å². The topological polar surface area (TPSA) is 78.3 Å². The summed E-state index contributed by atoms with van der Waals surface area (Å²) >= 11 is 0. The molecule has 0 saturated carbocycles. The molecule has 0 bridgehead atoms. The standard InChI is InChI=1S/C29H34N4O3/c1-6-35-24-14-10-22(11-15-24)18-30-26(34)17-16-25-20(4)27-21(5)32-33(23-12-8-19(3)9-13-23)28(27)31-29(25)36-7-2/h8-15H,6-7,16-18H2,1-5H3,(H,30,34). The highest BCUT2D eigenvalue weighted by molar-refractivity contribution is 5.86. The normalized spacial score (nSPS) is 11.0. The predicted octanol–water partition coefficient (Wildman–Crippen LogP) is 5.39. The van der Waals surface area contributed by atoms with Gasteiger partial charge in [-0.15, -0.1) is 0 Å². The quantitative estimate of drug-likeness (QED) is 0.325. The van der Waals surface area contributed by atoms with Crippen molar-refractivity contribution >= 4 is 16.9 Å². The molecule has 2 aromatic heterocycles. The number of hydrogen-bond acceptors (Lipinski definition) is 5. The average molecular weight is 487 g/mol. The lowest BCUT2D eigenvalue weighted by Crippen LogP contribution is -2.23. The first-order chi connectivity index (χ1) is 17.4. The minimum atomic E-state index is -0.0158. The highest BCUT2D eigenvalue weighted by atomic mass is 16.5. The molecule has 0 aliphatic rings. The number of benzene rings is 2. The van der Waals surface area contributed by atoms with Crippen LogP contribution in [0.1, 0.15) is 48.2 Å². The van der Waals surface area contributed by atoms with Crippen LogP contribution >= 0.6 is 0 Å². The summed E-state index contributed by atoms with van der Waals surface area (Å²) in [5.41, 5.74) is 6.84. The van der Waals surface area contributed by atoms with Gasteiger partial charge in [-0.1, -0.05) is 29.8 Å². The molecule has 0 unspecified atom stereocenters. The van der Waals surface area contributed by atoms with Gasteiger partial charge in [0.25, 0.3) is 0 Å². The molecule has 2 heterocycles. The predicted molar refractivity (Wildman–Crippen MR) is 142 cm³/mol. The van der Waals surface area contributed by atoms with Crippen LogP contribution in [0.4, 0.5) is 0 Å². The third-order valence-electron chi connectivity index (χ3n) is 6.22. The number of fused-ring (bicyclic) bond motifs is 1. The van der Waals surface area contributed by atoms with Crippen molar-refractivity contribution in [1.82, 2.24) is 20.1 Å². The molecule has 7 nitrogen and oxygen atoms in total. The number of ether oxygens (including phenoxy) is 2. The zero-order valence-electron chi connectivity index (χ0n) is 21.7. The Balaban J connectivity index is 1.53. The van der Waals surface area contributed by atoms with Gasteiger partial charge in [0.1, 0.15) is 5.75 Å². The Hall–Kier alpha value is -3.87. The second-order valence-electron chi connectivity index (χ2n) is 8.84. The van der Waals surface area contributed by atoms with Crippen LogP contribution in [-0.4, -0.2) is 33.9 Å². The number of nitrogens with one attached hydrogen (secondary N) is 1. The summed E-state index contributed by atoms with van der Waals surface area (Å²) in [4.78, 5) is 17.5. The maximum Gasteiger partial charge on any atom is 0.220 e. The van der Waals surface area contributed by atoms with E-state index >= 15 is 0 Å². The number of carbonyl (C=O) groups excluding carboxylic acids is 1. The zero-order valence-corrected chi connectivity index (χ0v) is 21.7. The molecule has 0 spiro atoms. The molecule has 1 N–H and O–H groups in total. The van der Waals surface area contributed by atoms with Gasteiger partial charge >= 0.3 is 0 Å². The molecule has 0 atom stereocenters. The van der Waals surface area contributed by atoms with Gasteiger partial charge < -0.3 is 14.8 Å². The van der Waals surface area contributed by atoms with E-state index in [9.17, 15) is 4.79 Å². The van der Waals surface area contributed by atoms with E-state index in [-0.39, 0.29) is 5.91 Å². The fourth-order valence-corrected chi connectivity index (χ4v) is 4.35. The molecule has 0 saturated heterocycles. The maximum absolute atomic E-state index is 12.7. The lowest BCUT2D eigenvalue weighted by atomic mass is 10.0. The Morgan fingerprint density at radius 3 is 2.31 bits per heavy atom. The van der Waals surface area contributed by atoms with Crippen molar-refractivity contribution in [2.75, 3.05) is 13.2 Å². The van der Waals surface area contributed by atoms with Gasteiger partial charge in [0.2, 0.25) is 11.8 Å². The number of nitrogens with zero attached hydrogens (tertiary/aromatic N) is 3. The second-order valence-corrected chi connectivity index (χ2v) is 8.84. The Morgan fingerprint density at radius 1 is 0.944 bits per heavy atom. The first-order valence-corrected chi connectivity index (χ1v) is 12.5. The van der Waals surface area contributed by atoms with E-state index in [1.54, 1.807) is 0 Å². The SMILES string of the molecule is CCOc1ccc(CNC(=O)CCc2c(OCC)nc3c(c(C)nn3-c3ccc(C)cc3)c2C)cc1. The minimum absolute atomic E-state index is 0.0158. The maximum atomic E-state index is 12.7. The van der Waals surface area contributed by atoms with E-state index in [1.165, 1.54) is 5.56 Å². The van der Waals surface area contributed by atoms with Gasteiger partial charge in [-0.3, -0.25) is 4.79 Å². The Morgan fingerprint density at radius 2 is 1.64 bits per heavy atom. The average Bonchev–Trinajstić information content (AvgIpc) is 3.20. The highest BCUT2D eigenvalue weighted by Crippen LogP contribution is 2.32. The lowest BCUT2D eigenvalue weighted by Gasteiger charge is -2.14. The van der Waals surface area contributed by atoms with E-state index in [1.807, 2.05) is 61.9 Å². The number of pyridine rings is 1. The summed E-state index contributed by atoms with van der Waals surface area (Å²) in [7, 11) is 0. The van der Waals surface area contributed by atoms with E-state index in [4.69, 9.17) is 19.6 Å². The summed E-state index contributed by atoms with van der Waals surface area (Å²) < 4.78 is 13.3. The van der Waals surface area contributed by atoms with Crippen LogP contribution in [0.5, 0.6) is 11.6 Å². The molecule has 2 aromatic carbocycles. The number of rotatable bonds is 10. The van der Waals surface area contributed by atoms with Crippen molar-refractivity contribution in [1.29, 1.82) is 0 Å². The van der Waals surface area contributed by atoms with E-state index in [0.29, 0.717) is 38.5 Å². The molecule has 0 radical (unpaired) electrons. The van der Waals surface area contributed by atoms with Gasteiger partial charge in [0, 0.05) is 23.9 Å². The van der Waals surface area contributed by atoms with Gasteiger partial charge in [-0.2, -0.15) is 10.1 Å². The smallest absolute Gasteiger partial charge is 0.220 e. The van der Waals surface area contributed by atoms with Gasteiger partial charge in [0.05, 0.1) is 24.6 Å². The second kappa shape index (κ2) is 11.2. The Kier molecular flexibility index (Phi) is 7.88. The zero-order chi connectivity index (χ0) is 25.7. The molecular weight excluding hydrogens is 452 g/mol. The molecular formula is C29H34N4O3. The third-order valence-corrected chi connectivity index (χ3v) is 6.22. The van der Waals surface area contributed by atoms with Crippen molar-refractivity contribution in [2.24, 2.45) is 0 Å². The largest absolute Gasteiger partial charge is 0.494 e. The van der Waals surface area contributed by atoms with Crippen molar-refractivity contribution in [3.05, 3.63) is 76.5 Å². The first-order valence-electron chi connectivity index (χ1n) is 12.5. The number of hydrogen-bond donors (Lipinski definition) is 1. The molecule has 1 amide bonds. The summed E-state index contributed by atoms with van der Waals surface area (Å²) in [5.74, 6) is 1.38. The van der Waals surface area contributed by atoms with Crippen LogP contribution in [0.3, 0.4) is 0 Å². The number of aryl methyl sites for hydroxylation is 3. The monoisotopic (exact) mass is 486 g/mol. The van der Waals surface area contributed by atoms with E-state index < -0.39 is 0 Å². The molecule has 0 fully saturated rings. The highest BCUT2D eigenvalue weighted by Gasteiger charge is 2.20. The van der Waals surface area contributed by atoms with Crippen molar-refractivity contribution in [3.8, 4) is 17.3 Å². The van der Waals surface area contributed by atoms with Crippen molar-refractivity contribution < 1.29 is 14.3 Å². The fourth-order valence-electron chi connectivity index (χ4n) is 4.35. The number of carbonyl (C=O) groups is 1. The van der Waals surface area contributed by atoms with Crippen LogP contribution in [0.25, 0.3) is 16.7 Å². The van der Waals surface area contributed by atoms with Gasteiger partial charge in [-0.05, 0) is 76.4 Å². The van der Waals surface area contributed by atoms with Gasteiger partial charge in [0.15, 0.2) is 5.65 Å².